The Balaban J connectivity index is 2.16. The molecular weight excluding hydrogens is 208 g/mol. The predicted molar refractivity (Wildman–Crippen MR) is 60.1 cm³/mol. The van der Waals surface area contributed by atoms with E-state index in [1.807, 2.05) is 6.07 Å². The molecule has 15 heavy (non-hydrogen) atoms. The van der Waals surface area contributed by atoms with Gasteiger partial charge in [0.15, 0.2) is 0 Å². The number of nitrogens with two attached hydrogens (primary N) is 1. The van der Waals surface area contributed by atoms with Crippen LogP contribution in [0.2, 0.25) is 0 Å². The molecule has 0 aliphatic heterocycles. The lowest BCUT2D eigenvalue weighted by Crippen LogP contribution is -2.06. The zero-order valence-corrected chi connectivity index (χ0v) is 9.15. The molecule has 3 nitrogen and oxygen atoms in total. The van der Waals surface area contributed by atoms with Gasteiger partial charge >= 0.3 is 5.13 Å². The summed E-state index contributed by atoms with van der Waals surface area (Å²) >= 11 is 1.63. The Labute approximate surface area is 91.5 Å². The molecule has 0 spiro atoms. The number of rotatable bonds is 1. The molecule has 2 aromatic rings. The van der Waals surface area contributed by atoms with Crippen molar-refractivity contribution in [2.45, 2.75) is 6.42 Å². The molecule has 0 bridgehead atoms. The summed E-state index contributed by atoms with van der Waals surface area (Å²) in [6.07, 6.45) is 0.959. The van der Waals surface area contributed by atoms with E-state index in [9.17, 15) is 0 Å². The van der Waals surface area contributed by atoms with Gasteiger partial charge in [-0.15, -0.1) is 0 Å². The second-order valence-electron chi connectivity index (χ2n) is 3.59. The first-order valence-electron chi connectivity index (χ1n) is 4.75. The lowest BCUT2D eigenvalue weighted by Gasteiger charge is -2.02. The van der Waals surface area contributed by atoms with Crippen molar-refractivity contribution in [3.8, 4) is 17.0 Å². The molecule has 0 saturated carbocycles. The van der Waals surface area contributed by atoms with E-state index in [2.05, 4.69) is 17.1 Å². The van der Waals surface area contributed by atoms with Crippen molar-refractivity contribution in [3.05, 3.63) is 28.6 Å². The summed E-state index contributed by atoms with van der Waals surface area (Å²) in [5.41, 5.74) is 9.48. The standard InChI is InChI=1S/C11H10N2OS/c1-14-7-2-3-8-6(4-7)5-9-10(8)13-11(12)15-9/h2-4H,5H2,1H3,(H2,12,13)/p+1. The van der Waals surface area contributed by atoms with E-state index in [1.165, 1.54) is 21.7 Å². The van der Waals surface area contributed by atoms with Gasteiger partial charge < -0.3 is 4.74 Å². The Morgan fingerprint density at radius 3 is 3.13 bits per heavy atom. The quantitative estimate of drug-likeness (QED) is 0.677. The Bertz CT molecular complexity index is 533. The van der Waals surface area contributed by atoms with Crippen LogP contribution in [-0.2, 0) is 6.42 Å². The Morgan fingerprint density at radius 2 is 2.33 bits per heavy atom. The molecule has 0 atom stereocenters. The molecule has 0 amide bonds. The van der Waals surface area contributed by atoms with Crippen molar-refractivity contribution in [2.24, 2.45) is 0 Å². The van der Waals surface area contributed by atoms with E-state index < -0.39 is 0 Å². The lowest BCUT2D eigenvalue weighted by atomic mass is 10.1. The molecule has 1 aromatic heterocycles. The maximum atomic E-state index is 5.74. The van der Waals surface area contributed by atoms with Gasteiger partial charge in [0.05, 0.1) is 12.0 Å². The summed E-state index contributed by atoms with van der Waals surface area (Å²) in [6.45, 7) is 0. The van der Waals surface area contributed by atoms with Crippen LogP contribution in [0.15, 0.2) is 18.2 Å². The minimum Gasteiger partial charge on any atom is -0.497 e. The molecule has 0 unspecified atom stereocenters. The topological polar surface area (TPSA) is 49.4 Å². The minimum atomic E-state index is 0.779. The van der Waals surface area contributed by atoms with Gasteiger partial charge in [-0.25, -0.2) is 4.98 Å². The lowest BCUT2D eigenvalue weighted by molar-refractivity contribution is -0.340. The van der Waals surface area contributed by atoms with Gasteiger partial charge in [-0.1, -0.05) is 11.3 Å². The molecular formula is C11H11N2OS+. The minimum absolute atomic E-state index is 0.779. The number of fused-ring (bicyclic) bond motifs is 3. The number of H-pyrrole nitrogens is 1. The van der Waals surface area contributed by atoms with Gasteiger partial charge in [-0.2, -0.15) is 0 Å². The molecule has 3 N–H and O–H groups in total. The normalized spacial score (nSPS) is 12.3. The van der Waals surface area contributed by atoms with Crippen LogP contribution >= 0.6 is 11.3 Å². The van der Waals surface area contributed by atoms with Crippen LogP contribution in [0.3, 0.4) is 0 Å². The van der Waals surface area contributed by atoms with Crippen LogP contribution in [0.25, 0.3) is 11.3 Å². The van der Waals surface area contributed by atoms with Crippen molar-refractivity contribution in [3.63, 3.8) is 0 Å². The third-order valence-corrected chi connectivity index (χ3v) is 3.61. The highest BCUT2D eigenvalue weighted by molar-refractivity contribution is 7.15. The molecule has 0 fully saturated rings. The Morgan fingerprint density at radius 1 is 1.47 bits per heavy atom. The molecule has 1 aliphatic rings. The van der Waals surface area contributed by atoms with Gasteiger partial charge in [0.1, 0.15) is 11.4 Å². The third kappa shape index (κ3) is 1.22. The summed E-state index contributed by atoms with van der Waals surface area (Å²) in [5, 5.41) is 0.779. The average molecular weight is 219 g/mol. The highest BCUT2D eigenvalue weighted by Crippen LogP contribution is 2.39. The fourth-order valence-electron chi connectivity index (χ4n) is 2.00. The van der Waals surface area contributed by atoms with Gasteiger partial charge in [0, 0.05) is 12.0 Å². The summed E-state index contributed by atoms with van der Waals surface area (Å²) < 4.78 is 5.21. The second-order valence-corrected chi connectivity index (χ2v) is 4.73. The van der Waals surface area contributed by atoms with Crippen molar-refractivity contribution < 1.29 is 9.72 Å². The van der Waals surface area contributed by atoms with Crippen molar-refractivity contribution in [2.75, 3.05) is 12.8 Å². The van der Waals surface area contributed by atoms with E-state index in [-0.39, 0.29) is 0 Å². The molecule has 3 rings (SSSR count). The van der Waals surface area contributed by atoms with E-state index in [0.29, 0.717) is 0 Å². The number of nitrogens with one attached hydrogen (secondary N) is 1. The van der Waals surface area contributed by atoms with Crippen LogP contribution < -0.4 is 15.5 Å². The van der Waals surface area contributed by atoms with Gasteiger partial charge in [0.25, 0.3) is 0 Å². The molecule has 1 heterocycles. The molecule has 76 valence electrons. The first kappa shape index (κ1) is 8.73. The van der Waals surface area contributed by atoms with Crippen LogP contribution in [0.4, 0.5) is 5.13 Å². The molecule has 1 aliphatic carbocycles. The molecule has 1 aromatic carbocycles. The number of thiazole rings is 1. The van der Waals surface area contributed by atoms with Crippen molar-refractivity contribution in [1.82, 2.24) is 0 Å². The number of benzene rings is 1. The number of nitrogen functional groups attached to an aromatic ring is 1. The maximum Gasteiger partial charge on any atom is 0.330 e. The highest BCUT2D eigenvalue weighted by atomic mass is 32.1. The van der Waals surface area contributed by atoms with E-state index >= 15 is 0 Å². The average Bonchev–Trinajstić information content (AvgIpc) is 2.72. The maximum absolute atomic E-state index is 5.74. The zero-order valence-electron chi connectivity index (χ0n) is 8.33. The van der Waals surface area contributed by atoms with Gasteiger partial charge in [0.2, 0.25) is 0 Å². The van der Waals surface area contributed by atoms with Crippen LogP contribution in [0.5, 0.6) is 5.75 Å². The first-order chi connectivity index (χ1) is 7.28. The van der Waals surface area contributed by atoms with Crippen LogP contribution in [0.1, 0.15) is 10.4 Å². The predicted octanol–water partition coefficient (Wildman–Crippen LogP) is 1.72. The Hall–Kier alpha value is -1.55. The number of anilines is 1. The van der Waals surface area contributed by atoms with Gasteiger partial charge in [-0.3, -0.25) is 5.73 Å². The summed E-state index contributed by atoms with van der Waals surface area (Å²) in [7, 11) is 1.69. The van der Waals surface area contributed by atoms with Crippen molar-refractivity contribution in [1.29, 1.82) is 0 Å². The first-order valence-corrected chi connectivity index (χ1v) is 5.57. The third-order valence-electron chi connectivity index (χ3n) is 2.69. The van der Waals surface area contributed by atoms with Crippen LogP contribution in [0, 0.1) is 0 Å². The molecule has 4 heteroatoms. The summed E-state index contributed by atoms with van der Waals surface area (Å²) in [6, 6.07) is 6.16. The molecule has 0 radical (unpaired) electrons. The fourth-order valence-corrected chi connectivity index (χ4v) is 2.91. The Kier molecular flexibility index (Phi) is 1.73. The summed E-state index contributed by atoms with van der Waals surface area (Å²) in [5.74, 6) is 0.914. The van der Waals surface area contributed by atoms with E-state index in [0.717, 1.165) is 17.3 Å². The smallest absolute Gasteiger partial charge is 0.330 e. The van der Waals surface area contributed by atoms with E-state index in [1.54, 1.807) is 18.4 Å². The zero-order chi connectivity index (χ0) is 10.4. The fraction of sp³-hybridized carbons (Fsp3) is 0.182. The number of hydrogen-bond donors (Lipinski definition) is 1. The monoisotopic (exact) mass is 219 g/mol. The number of aromatic nitrogens is 1. The number of hydrogen-bond acceptors (Lipinski definition) is 3. The SMILES string of the molecule is COc1ccc2c(c1)Cc1sc(N)[nH+]c1-2. The number of aromatic amines is 1. The summed E-state index contributed by atoms with van der Waals surface area (Å²) in [4.78, 5) is 4.52. The van der Waals surface area contributed by atoms with E-state index in [4.69, 9.17) is 10.5 Å². The van der Waals surface area contributed by atoms with Crippen LogP contribution in [-0.4, -0.2) is 7.11 Å². The number of methoxy groups -OCH3 is 1. The van der Waals surface area contributed by atoms with Crippen molar-refractivity contribution >= 4 is 16.5 Å². The second kappa shape index (κ2) is 2.97. The highest BCUT2D eigenvalue weighted by Gasteiger charge is 2.25. The molecule has 0 saturated heterocycles. The van der Waals surface area contributed by atoms with Gasteiger partial charge in [-0.05, 0) is 23.8 Å². The number of ether oxygens (including phenoxy) is 1. The largest absolute Gasteiger partial charge is 0.497 e.